The molecule has 5 nitrogen and oxygen atoms in total. The number of likely N-dealkylation sites (tertiary alicyclic amines) is 1. The van der Waals surface area contributed by atoms with Gasteiger partial charge in [-0.1, -0.05) is 18.9 Å². The minimum absolute atomic E-state index is 0.120. The van der Waals surface area contributed by atoms with Crippen LogP contribution in [0.15, 0.2) is 29.8 Å². The molecule has 138 valence electrons. The summed E-state index contributed by atoms with van der Waals surface area (Å²) >= 11 is 1.73. The van der Waals surface area contributed by atoms with Crippen molar-refractivity contribution in [3.8, 4) is 5.88 Å². The van der Waals surface area contributed by atoms with Crippen molar-refractivity contribution < 1.29 is 9.53 Å². The highest BCUT2D eigenvalue weighted by Crippen LogP contribution is 2.44. The van der Waals surface area contributed by atoms with Crippen LogP contribution in [0.1, 0.15) is 49.2 Å². The van der Waals surface area contributed by atoms with Crippen LogP contribution in [-0.2, 0) is 10.2 Å². The normalized spacial score (nSPS) is 20.3. The molecule has 1 amide bonds. The Morgan fingerprint density at radius 2 is 2.04 bits per heavy atom. The lowest BCUT2D eigenvalue weighted by molar-refractivity contribution is -0.139. The third-order valence-electron chi connectivity index (χ3n) is 5.63. The van der Waals surface area contributed by atoms with Gasteiger partial charge in [0.2, 0.25) is 11.8 Å². The molecule has 0 bridgehead atoms. The van der Waals surface area contributed by atoms with Crippen LogP contribution in [0.5, 0.6) is 5.88 Å². The lowest BCUT2D eigenvalue weighted by Crippen LogP contribution is -2.49. The number of nitrogens with zero attached hydrogens (tertiary/aromatic N) is 3. The van der Waals surface area contributed by atoms with Gasteiger partial charge in [-0.3, -0.25) is 4.79 Å². The van der Waals surface area contributed by atoms with E-state index in [-0.39, 0.29) is 11.5 Å². The Labute approximate surface area is 158 Å². The van der Waals surface area contributed by atoms with Crippen LogP contribution < -0.4 is 4.74 Å². The summed E-state index contributed by atoms with van der Waals surface area (Å²) < 4.78 is 6.00. The van der Waals surface area contributed by atoms with Crippen LogP contribution in [0.4, 0.5) is 0 Å². The van der Waals surface area contributed by atoms with Crippen LogP contribution in [0, 0.1) is 6.92 Å². The number of thiophene rings is 1. The molecule has 0 spiro atoms. The van der Waals surface area contributed by atoms with Gasteiger partial charge in [-0.15, -0.1) is 11.3 Å². The fourth-order valence-corrected chi connectivity index (χ4v) is 5.22. The number of hydrogen-bond donors (Lipinski definition) is 0. The summed E-state index contributed by atoms with van der Waals surface area (Å²) in [5.41, 5.74) is -0.272. The topological polar surface area (TPSA) is 55.3 Å². The molecule has 0 unspecified atom stereocenters. The van der Waals surface area contributed by atoms with Gasteiger partial charge in [0.1, 0.15) is 11.9 Å². The van der Waals surface area contributed by atoms with E-state index in [1.54, 1.807) is 23.6 Å². The second kappa shape index (κ2) is 7.35. The zero-order chi connectivity index (χ0) is 18.0. The molecule has 0 aromatic carbocycles. The highest BCUT2D eigenvalue weighted by molar-refractivity contribution is 7.10. The molecule has 4 rings (SSSR count). The first-order valence-electron chi connectivity index (χ1n) is 9.47. The van der Waals surface area contributed by atoms with Crippen molar-refractivity contribution in [1.82, 2.24) is 14.9 Å². The number of aromatic nitrogens is 2. The third-order valence-corrected chi connectivity index (χ3v) is 6.70. The predicted molar refractivity (Wildman–Crippen MR) is 101 cm³/mol. The molecule has 26 heavy (non-hydrogen) atoms. The van der Waals surface area contributed by atoms with Crippen molar-refractivity contribution in [3.05, 3.63) is 40.5 Å². The molecule has 2 aromatic heterocycles. The Hall–Kier alpha value is -1.95. The predicted octanol–water partition coefficient (Wildman–Crippen LogP) is 3.73. The first-order chi connectivity index (χ1) is 12.7. The van der Waals surface area contributed by atoms with Crippen LogP contribution in [-0.4, -0.2) is 40.0 Å². The molecule has 1 aliphatic carbocycles. The highest BCUT2D eigenvalue weighted by atomic mass is 32.1. The Morgan fingerprint density at radius 1 is 1.27 bits per heavy atom. The molecular weight excluding hydrogens is 346 g/mol. The van der Waals surface area contributed by atoms with Crippen molar-refractivity contribution in [2.75, 3.05) is 13.1 Å². The minimum Gasteiger partial charge on any atom is -0.474 e. The average molecular weight is 372 g/mol. The van der Waals surface area contributed by atoms with Crippen molar-refractivity contribution in [2.24, 2.45) is 0 Å². The smallest absolute Gasteiger partial charge is 0.234 e. The summed E-state index contributed by atoms with van der Waals surface area (Å²) in [7, 11) is 0. The second-order valence-electron chi connectivity index (χ2n) is 7.32. The zero-order valence-electron chi connectivity index (χ0n) is 15.2. The summed E-state index contributed by atoms with van der Waals surface area (Å²) in [6.07, 6.45) is 7.83. The molecule has 6 heteroatoms. The van der Waals surface area contributed by atoms with Crippen LogP contribution >= 0.6 is 11.3 Å². The van der Waals surface area contributed by atoms with E-state index in [1.807, 2.05) is 6.92 Å². The summed E-state index contributed by atoms with van der Waals surface area (Å²) in [6, 6.07) is 6.01. The molecule has 3 heterocycles. The number of piperidine rings is 1. The second-order valence-corrected chi connectivity index (χ2v) is 8.27. The lowest BCUT2D eigenvalue weighted by atomic mass is 9.82. The number of rotatable bonds is 4. The van der Waals surface area contributed by atoms with Crippen LogP contribution in [0.2, 0.25) is 0 Å². The molecule has 0 N–H and O–H groups in total. The van der Waals surface area contributed by atoms with E-state index in [2.05, 4.69) is 32.4 Å². The van der Waals surface area contributed by atoms with Crippen molar-refractivity contribution in [3.63, 3.8) is 0 Å². The highest BCUT2D eigenvalue weighted by Gasteiger charge is 2.46. The van der Waals surface area contributed by atoms with E-state index in [9.17, 15) is 4.79 Å². The molecule has 1 aliphatic heterocycles. The molecule has 0 atom stereocenters. The minimum atomic E-state index is -0.272. The quantitative estimate of drug-likeness (QED) is 0.822. The maximum atomic E-state index is 13.4. The monoisotopic (exact) mass is 371 g/mol. The van der Waals surface area contributed by atoms with Crippen molar-refractivity contribution in [2.45, 2.75) is 57.0 Å². The molecule has 1 saturated carbocycles. The van der Waals surface area contributed by atoms with Gasteiger partial charge in [0.05, 0.1) is 5.41 Å². The molecule has 2 fully saturated rings. The molecule has 1 saturated heterocycles. The van der Waals surface area contributed by atoms with E-state index < -0.39 is 0 Å². The lowest BCUT2D eigenvalue weighted by Gasteiger charge is -2.38. The summed E-state index contributed by atoms with van der Waals surface area (Å²) in [6.45, 7) is 3.39. The van der Waals surface area contributed by atoms with Crippen LogP contribution in [0.3, 0.4) is 0 Å². The summed E-state index contributed by atoms with van der Waals surface area (Å²) in [5, 5.41) is 2.09. The van der Waals surface area contributed by atoms with Gasteiger partial charge in [0.15, 0.2) is 0 Å². The number of hydrogen-bond acceptors (Lipinski definition) is 5. The maximum Gasteiger partial charge on any atom is 0.234 e. The number of aryl methyl sites for hydroxylation is 1. The largest absolute Gasteiger partial charge is 0.474 e. The first kappa shape index (κ1) is 17.5. The number of carbonyl (C=O) groups is 1. The Balaban J connectivity index is 1.40. The van der Waals surface area contributed by atoms with E-state index in [0.29, 0.717) is 17.6 Å². The van der Waals surface area contributed by atoms with E-state index in [1.165, 1.54) is 4.88 Å². The molecule has 2 aromatic rings. The molecule has 0 radical (unpaired) electrons. The van der Waals surface area contributed by atoms with Gasteiger partial charge in [0.25, 0.3) is 0 Å². The van der Waals surface area contributed by atoms with E-state index in [4.69, 9.17) is 4.74 Å². The fraction of sp³-hybridized carbons (Fsp3) is 0.550. The van der Waals surface area contributed by atoms with Gasteiger partial charge < -0.3 is 9.64 Å². The number of amides is 1. The average Bonchev–Trinajstić information content (AvgIpc) is 3.34. The van der Waals surface area contributed by atoms with E-state index in [0.717, 1.165) is 51.6 Å². The first-order valence-corrected chi connectivity index (χ1v) is 10.3. The van der Waals surface area contributed by atoms with Gasteiger partial charge in [0, 0.05) is 43.1 Å². The van der Waals surface area contributed by atoms with Crippen molar-refractivity contribution >= 4 is 17.2 Å². The number of ether oxygens (including phenoxy) is 1. The maximum absolute atomic E-state index is 13.4. The van der Waals surface area contributed by atoms with Gasteiger partial charge >= 0.3 is 0 Å². The Bertz CT molecular complexity index is 748. The zero-order valence-corrected chi connectivity index (χ0v) is 16.0. The Kier molecular flexibility index (Phi) is 4.94. The summed E-state index contributed by atoms with van der Waals surface area (Å²) in [4.78, 5) is 25.1. The number of carbonyl (C=O) groups excluding carboxylic acids is 1. The SMILES string of the molecule is Cc1nccc(OC2CCN(C(=O)C3(c4cccs4)CCCC3)CC2)n1. The standard InChI is InChI=1S/C20H25N3O2S/c1-15-21-11-6-18(22-15)25-16-7-12-23(13-8-16)19(24)20(9-2-3-10-20)17-5-4-14-26-17/h4-6,11,14,16H,2-3,7-10,12-13H2,1H3. The summed E-state index contributed by atoms with van der Waals surface area (Å²) in [5.74, 6) is 1.68. The van der Waals surface area contributed by atoms with Gasteiger partial charge in [-0.2, -0.15) is 4.98 Å². The third kappa shape index (κ3) is 3.34. The van der Waals surface area contributed by atoms with E-state index >= 15 is 0 Å². The Morgan fingerprint density at radius 3 is 2.69 bits per heavy atom. The fourth-order valence-electron chi connectivity index (χ4n) is 4.25. The van der Waals surface area contributed by atoms with Crippen molar-refractivity contribution in [1.29, 1.82) is 0 Å². The van der Waals surface area contributed by atoms with Gasteiger partial charge in [-0.05, 0) is 31.2 Å². The van der Waals surface area contributed by atoms with Gasteiger partial charge in [-0.25, -0.2) is 4.98 Å². The van der Waals surface area contributed by atoms with Crippen LogP contribution in [0.25, 0.3) is 0 Å². The molecular formula is C20H25N3O2S. The molecule has 2 aliphatic rings.